The first-order valence-electron chi connectivity index (χ1n) is 12.4. The van der Waals surface area contributed by atoms with Gasteiger partial charge in [0.1, 0.15) is 5.82 Å². The van der Waals surface area contributed by atoms with Gasteiger partial charge < -0.3 is 15.5 Å². The van der Waals surface area contributed by atoms with Gasteiger partial charge in [-0.2, -0.15) is 5.10 Å². The summed E-state index contributed by atoms with van der Waals surface area (Å²) in [6, 6.07) is 15.4. The van der Waals surface area contributed by atoms with Crippen molar-refractivity contribution >= 4 is 34.8 Å². The van der Waals surface area contributed by atoms with Crippen LogP contribution in [0.5, 0.6) is 0 Å². The maximum atomic E-state index is 12.7. The molecule has 2 heterocycles. The van der Waals surface area contributed by atoms with Gasteiger partial charge in [-0.3, -0.25) is 14.8 Å². The summed E-state index contributed by atoms with van der Waals surface area (Å²) >= 11 is 0. The number of aromatic nitrogens is 2. The molecule has 3 N–H and O–H groups in total. The van der Waals surface area contributed by atoms with E-state index in [4.69, 9.17) is 0 Å². The first-order chi connectivity index (χ1) is 17.0. The summed E-state index contributed by atoms with van der Waals surface area (Å²) in [5.41, 5.74) is 5.68. The topological polar surface area (TPSA) is 91.3 Å². The number of para-hydroxylation sites is 1. The van der Waals surface area contributed by atoms with Crippen LogP contribution in [0, 0.1) is 13.8 Å². The van der Waals surface area contributed by atoms with Crippen molar-refractivity contribution in [3.63, 3.8) is 0 Å². The van der Waals surface area contributed by atoms with Gasteiger partial charge in [-0.15, -0.1) is 0 Å². The van der Waals surface area contributed by atoms with Crippen molar-refractivity contribution in [2.45, 2.75) is 58.9 Å². The number of rotatable bonds is 5. The second kappa shape index (κ2) is 10.0. The largest absolute Gasteiger partial charge is 0.380 e. The van der Waals surface area contributed by atoms with Gasteiger partial charge in [0.05, 0.1) is 5.69 Å². The molecule has 2 aromatic carbocycles. The lowest BCUT2D eigenvalue weighted by Gasteiger charge is -2.35. The van der Waals surface area contributed by atoms with E-state index in [9.17, 15) is 9.59 Å². The molecule has 190 valence electrons. The van der Waals surface area contributed by atoms with Gasteiger partial charge in [0.2, 0.25) is 5.91 Å². The molecule has 0 spiro atoms. The van der Waals surface area contributed by atoms with Gasteiger partial charge >= 0.3 is 6.03 Å². The van der Waals surface area contributed by atoms with Crippen LogP contribution in [0.15, 0.2) is 48.5 Å². The normalized spacial score (nSPS) is 16.1. The quantitative estimate of drug-likeness (QED) is 0.437. The maximum absolute atomic E-state index is 12.7. The van der Waals surface area contributed by atoms with E-state index in [1.54, 1.807) is 4.68 Å². The van der Waals surface area contributed by atoms with Crippen molar-refractivity contribution < 1.29 is 9.59 Å². The Hall–Kier alpha value is -3.81. The number of aryl methyl sites for hydroxylation is 3. The van der Waals surface area contributed by atoms with Gasteiger partial charge in [0.25, 0.3) is 0 Å². The summed E-state index contributed by atoms with van der Waals surface area (Å²) in [5.74, 6) is 0.801. The number of urea groups is 1. The molecule has 1 atom stereocenters. The zero-order chi connectivity index (χ0) is 26.0. The van der Waals surface area contributed by atoms with Crippen molar-refractivity contribution in [1.82, 2.24) is 9.78 Å². The first kappa shape index (κ1) is 25.3. The van der Waals surface area contributed by atoms with E-state index in [-0.39, 0.29) is 23.4 Å². The lowest BCUT2D eigenvalue weighted by molar-refractivity contribution is -0.119. The average Bonchev–Trinajstić information content (AvgIpc) is 3.17. The third-order valence-electron chi connectivity index (χ3n) is 6.52. The van der Waals surface area contributed by atoms with E-state index in [0.717, 1.165) is 34.6 Å². The average molecular weight is 489 g/mol. The highest BCUT2D eigenvalue weighted by Gasteiger charge is 2.28. The molecule has 1 saturated heterocycles. The van der Waals surface area contributed by atoms with Crippen LogP contribution in [-0.2, 0) is 17.3 Å². The number of nitrogens with one attached hydrogen (secondary N) is 3. The molecule has 3 amide bonds. The summed E-state index contributed by atoms with van der Waals surface area (Å²) in [4.78, 5) is 27.1. The lowest BCUT2D eigenvalue weighted by Crippen LogP contribution is -2.46. The summed E-state index contributed by atoms with van der Waals surface area (Å²) in [5, 5.41) is 13.8. The molecule has 4 rings (SSSR count). The third-order valence-corrected chi connectivity index (χ3v) is 6.52. The highest BCUT2D eigenvalue weighted by atomic mass is 16.2. The number of hydrogen-bond acceptors (Lipinski definition) is 4. The fourth-order valence-corrected chi connectivity index (χ4v) is 4.53. The lowest BCUT2D eigenvalue weighted by atomic mass is 9.92. The van der Waals surface area contributed by atoms with E-state index in [1.807, 2.05) is 74.3 Å². The molecule has 8 heteroatoms. The molecular formula is C28H36N6O2. The molecular weight excluding hydrogens is 452 g/mol. The Morgan fingerprint density at radius 2 is 1.64 bits per heavy atom. The third kappa shape index (κ3) is 5.70. The number of hydrogen-bond donors (Lipinski definition) is 3. The number of anilines is 4. The molecule has 1 fully saturated rings. The van der Waals surface area contributed by atoms with E-state index >= 15 is 0 Å². The van der Waals surface area contributed by atoms with Crippen molar-refractivity contribution in [3.8, 4) is 0 Å². The van der Waals surface area contributed by atoms with Gasteiger partial charge in [-0.05, 0) is 55.7 Å². The Labute approximate surface area is 213 Å². The van der Waals surface area contributed by atoms with Crippen LogP contribution in [0.25, 0.3) is 0 Å². The molecule has 1 aromatic heterocycles. The fourth-order valence-electron chi connectivity index (χ4n) is 4.53. The van der Waals surface area contributed by atoms with E-state index in [1.165, 1.54) is 0 Å². The Bertz CT molecular complexity index is 1240. The number of carbonyl (C=O) groups excluding carboxylic acids is 2. The van der Waals surface area contributed by atoms with Gasteiger partial charge in [-0.25, -0.2) is 4.79 Å². The standard InChI is InChI=1S/C28H36N6O2/c1-18-8-7-9-19(2)26(18)34-17-22(14-15-25(34)35)29-20-10-12-21(13-11-20)30-27(36)31-24-16-23(28(3,4)5)32-33(24)6/h7-13,16,22,29H,14-15,17H2,1-6H3,(H2,30,31,36)/t22-/m0/s1. The smallest absolute Gasteiger partial charge is 0.324 e. The Balaban J connectivity index is 1.36. The number of amides is 3. The molecule has 0 aliphatic carbocycles. The SMILES string of the molecule is Cc1cccc(C)c1N1C[C@@H](Nc2ccc(NC(=O)Nc3cc(C(C)(C)C)nn3C)cc2)CCC1=O. The van der Waals surface area contributed by atoms with E-state index in [2.05, 4.69) is 41.8 Å². The zero-order valence-corrected chi connectivity index (χ0v) is 22.0. The van der Waals surface area contributed by atoms with Crippen LogP contribution in [-0.4, -0.2) is 34.3 Å². The molecule has 0 radical (unpaired) electrons. The summed E-state index contributed by atoms with van der Waals surface area (Å²) < 4.78 is 1.67. The van der Waals surface area contributed by atoms with Crippen molar-refractivity contribution in [2.75, 3.05) is 27.4 Å². The monoisotopic (exact) mass is 488 g/mol. The number of carbonyl (C=O) groups is 2. The van der Waals surface area contributed by atoms with Crippen LogP contribution >= 0.6 is 0 Å². The van der Waals surface area contributed by atoms with Crippen molar-refractivity contribution in [1.29, 1.82) is 0 Å². The van der Waals surface area contributed by atoms with Crippen LogP contribution in [0.2, 0.25) is 0 Å². The summed E-state index contributed by atoms with van der Waals surface area (Å²) in [6.45, 7) is 11.0. The van der Waals surface area contributed by atoms with Crippen LogP contribution in [0.1, 0.15) is 50.4 Å². The molecule has 0 bridgehead atoms. The minimum absolute atomic E-state index is 0.0988. The van der Waals surface area contributed by atoms with Crippen molar-refractivity contribution in [3.05, 3.63) is 65.4 Å². The fraction of sp³-hybridized carbons (Fsp3) is 0.393. The minimum Gasteiger partial charge on any atom is -0.380 e. The first-order valence-corrected chi connectivity index (χ1v) is 12.4. The number of benzene rings is 2. The predicted molar refractivity (Wildman–Crippen MR) is 146 cm³/mol. The number of nitrogens with zero attached hydrogens (tertiary/aromatic N) is 3. The van der Waals surface area contributed by atoms with E-state index in [0.29, 0.717) is 24.5 Å². The second-order valence-electron chi connectivity index (χ2n) is 10.6. The molecule has 0 saturated carbocycles. The Morgan fingerprint density at radius 3 is 2.25 bits per heavy atom. The van der Waals surface area contributed by atoms with Crippen LogP contribution < -0.4 is 20.9 Å². The second-order valence-corrected chi connectivity index (χ2v) is 10.6. The molecule has 1 aliphatic rings. The van der Waals surface area contributed by atoms with Gasteiger partial charge in [-0.1, -0.05) is 39.0 Å². The molecule has 36 heavy (non-hydrogen) atoms. The van der Waals surface area contributed by atoms with Gasteiger partial charge in [0.15, 0.2) is 0 Å². The van der Waals surface area contributed by atoms with Crippen LogP contribution in [0.3, 0.4) is 0 Å². The molecule has 8 nitrogen and oxygen atoms in total. The van der Waals surface area contributed by atoms with Gasteiger partial charge in [0, 0.05) is 54.6 Å². The molecule has 0 unspecified atom stereocenters. The van der Waals surface area contributed by atoms with Crippen LogP contribution in [0.4, 0.5) is 27.7 Å². The Kier molecular flexibility index (Phi) is 7.06. The number of piperidine rings is 1. The Morgan fingerprint density at radius 1 is 1.00 bits per heavy atom. The summed E-state index contributed by atoms with van der Waals surface area (Å²) in [7, 11) is 1.81. The maximum Gasteiger partial charge on any atom is 0.324 e. The molecule has 3 aromatic rings. The summed E-state index contributed by atoms with van der Waals surface area (Å²) in [6.07, 6.45) is 1.29. The predicted octanol–water partition coefficient (Wildman–Crippen LogP) is 5.59. The zero-order valence-electron chi connectivity index (χ0n) is 22.0. The molecule has 1 aliphatic heterocycles. The van der Waals surface area contributed by atoms with E-state index < -0.39 is 0 Å². The van der Waals surface area contributed by atoms with Crippen molar-refractivity contribution in [2.24, 2.45) is 7.05 Å². The highest BCUT2D eigenvalue weighted by Crippen LogP contribution is 2.29. The highest BCUT2D eigenvalue weighted by molar-refractivity contribution is 5.99. The minimum atomic E-state index is -0.325.